The van der Waals surface area contributed by atoms with Gasteiger partial charge in [-0.1, -0.05) is 23.2 Å². The predicted molar refractivity (Wildman–Crippen MR) is 94.4 cm³/mol. The fourth-order valence-corrected chi connectivity index (χ4v) is 3.13. The van der Waals surface area contributed by atoms with Crippen LogP contribution in [0.1, 0.15) is 32.1 Å². The Labute approximate surface area is 147 Å². The van der Waals surface area contributed by atoms with Crippen LogP contribution in [0.5, 0.6) is 5.75 Å². The molecule has 0 bridgehead atoms. The van der Waals surface area contributed by atoms with E-state index < -0.39 is 0 Å². The number of halogens is 2. The van der Waals surface area contributed by atoms with Crippen molar-refractivity contribution >= 4 is 29.1 Å². The van der Waals surface area contributed by atoms with Gasteiger partial charge in [-0.05, 0) is 62.9 Å². The first-order chi connectivity index (χ1) is 11.1. The highest BCUT2D eigenvalue weighted by molar-refractivity contribution is 6.35. The maximum atomic E-state index is 11.8. The predicted octanol–water partition coefficient (Wildman–Crippen LogP) is 3.66. The third-order valence-electron chi connectivity index (χ3n) is 4.03. The minimum absolute atomic E-state index is 0.132. The van der Waals surface area contributed by atoms with Crippen molar-refractivity contribution in [2.75, 3.05) is 26.2 Å². The van der Waals surface area contributed by atoms with Crippen molar-refractivity contribution < 1.29 is 9.53 Å². The molecule has 1 aromatic carbocycles. The van der Waals surface area contributed by atoms with E-state index in [0.717, 1.165) is 25.9 Å². The van der Waals surface area contributed by atoms with Crippen LogP contribution in [-0.2, 0) is 4.79 Å². The molecule has 0 radical (unpaired) electrons. The van der Waals surface area contributed by atoms with Gasteiger partial charge in [0.25, 0.3) is 0 Å². The number of nitrogens with one attached hydrogen (secondary N) is 2. The van der Waals surface area contributed by atoms with Crippen LogP contribution in [0.2, 0.25) is 10.0 Å². The van der Waals surface area contributed by atoms with E-state index in [9.17, 15) is 4.79 Å². The van der Waals surface area contributed by atoms with Crippen LogP contribution in [0.4, 0.5) is 0 Å². The first-order valence-corrected chi connectivity index (χ1v) is 8.96. The molecule has 2 N–H and O–H groups in total. The number of ether oxygens (including phenoxy) is 1. The van der Waals surface area contributed by atoms with Gasteiger partial charge in [0.15, 0.2) is 0 Å². The Balaban J connectivity index is 1.53. The van der Waals surface area contributed by atoms with Crippen molar-refractivity contribution in [1.82, 2.24) is 10.6 Å². The Hall–Kier alpha value is -0.970. The van der Waals surface area contributed by atoms with E-state index in [4.69, 9.17) is 27.9 Å². The van der Waals surface area contributed by atoms with E-state index >= 15 is 0 Å². The van der Waals surface area contributed by atoms with E-state index in [1.807, 2.05) is 0 Å². The molecule has 1 saturated heterocycles. The molecule has 1 aliphatic heterocycles. The third kappa shape index (κ3) is 6.98. The lowest BCUT2D eigenvalue weighted by Crippen LogP contribution is -2.30. The highest BCUT2D eigenvalue weighted by Crippen LogP contribution is 2.27. The number of benzene rings is 1. The molecule has 0 unspecified atom stereocenters. The second-order valence-corrected chi connectivity index (χ2v) is 6.70. The number of rotatable bonds is 8. The van der Waals surface area contributed by atoms with E-state index in [1.165, 1.54) is 12.8 Å². The molecule has 0 aromatic heterocycles. The van der Waals surface area contributed by atoms with Crippen LogP contribution >= 0.6 is 23.2 Å². The molecule has 128 valence electrons. The molecule has 1 aromatic rings. The van der Waals surface area contributed by atoms with Crippen LogP contribution in [0.15, 0.2) is 18.2 Å². The fraction of sp³-hybridized carbons (Fsp3) is 0.588. The maximum absolute atomic E-state index is 11.8. The molecule has 0 saturated carbocycles. The van der Waals surface area contributed by atoms with Crippen molar-refractivity contribution in [1.29, 1.82) is 0 Å². The van der Waals surface area contributed by atoms with E-state index in [2.05, 4.69) is 10.6 Å². The number of carbonyl (C=O) groups is 1. The zero-order valence-electron chi connectivity index (χ0n) is 13.2. The number of hydrogen-bond donors (Lipinski definition) is 2. The molecule has 1 heterocycles. The Morgan fingerprint density at radius 2 is 2.09 bits per heavy atom. The third-order valence-corrected chi connectivity index (χ3v) is 4.56. The average Bonchev–Trinajstić information content (AvgIpc) is 2.55. The topological polar surface area (TPSA) is 50.4 Å². The average molecular weight is 359 g/mol. The van der Waals surface area contributed by atoms with Gasteiger partial charge in [-0.25, -0.2) is 0 Å². The second-order valence-electron chi connectivity index (χ2n) is 5.86. The highest BCUT2D eigenvalue weighted by atomic mass is 35.5. The molecular weight excluding hydrogens is 335 g/mol. The summed E-state index contributed by atoms with van der Waals surface area (Å²) < 4.78 is 5.58. The van der Waals surface area contributed by atoms with Crippen LogP contribution in [0.3, 0.4) is 0 Å². The molecule has 0 spiro atoms. The summed E-state index contributed by atoms with van der Waals surface area (Å²) in [5, 5.41) is 7.37. The van der Waals surface area contributed by atoms with Gasteiger partial charge in [-0.15, -0.1) is 0 Å². The summed E-state index contributed by atoms with van der Waals surface area (Å²) in [6.45, 7) is 3.29. The Morgan fingerprint density at radius 1 is 1.30 bits per heavy atom. The van der Waals surface area contributed by atoms with Crippen molar-refractivity contribution in [2.24, 2.45) is 5.92 Å². The summed E-state index contributed by atoms with van der Waals surface area (Å²) in [5.41, 5.74) is 0. The van der Waals surface area contributed by atoms with Crippen LogP contribution in [0, 0.1) is 5.92 Å². The highest BCUT2D eigenvalue weighted by Gasteiger charge is 2.14. The normalized spacial score (nSPS) is 15.4. The smallest absolute Gasteiger partial charge is 0.220 e. The molecular formula is C17H24Cl2N2O2. The monoisotopic (exact) mass is 358 g/mol. The minimum atomic E-state index is 0.132. The lowest BCUT2D eigenvalue weighted by atomic mass is 9.93. The van der Waals surface area contributed by atoms with Gasteiger partial charge in [-0.2, -0.15) is 0 Å². The Kier molecular flexibility index (Phi) is 8.00. The Bertz CT molecular complexity index is 505. The van der Waals surface area contributed by atoms with Gasteiger partial charge in [0.2, 0.25) is 5.91 Å². The van der Waals surface area contributed by atoms with Crippen LogP contribution < -0.4 is 15.4 Å². The van der Waals surface area contributed by atoms with Crippen LogP contribution in [0.25, 0.3) is 0 Å². The standard InChI is InChI=1S/C17H24Cl2N2O2/c18-14-3-4-16(15(19)12-14)23-11-1-8-21-17(22)5-2-13-6-9-20-10-7-13/h3-4,12-13,20H,1-2,5-11H2,(H,21,22). The molecule has 2 rings (SSSR count). The molecule has 0 atom stereocenters. The van der Waals surface area contributed by atoms with Gasteiger partial charge in [0, 0.05) is 18.0 Å². The Morgan fingerprint density at radius 3 is 2.83 bits per heavy atom. The first kappa shape index (κ1) is 18.4. The van der Waals surface area contributed by atoms with Crippen molar-refractivity contribution in [3.63, 3.8) is 0 Å². The van der Waals surface area contributed by atoms with Crippen molar-refractivity contribution in [2.45, 2.75) is 32.1 Å². The molecule has 4 nitrogen and oxygen atoms in total. The van der Waals surface area contributed by atoms with Crippen molar-refractivity contribution in [3.05, 3.63) is 28.2 Å². The molecule has 6 heteroatoms. The zero-order valence-corrected chi connectivity index (χ0v) is 14.8. The molecule has 1 aliphatic rings. The summed E-state index contributed by atoms with van der Waals surface area (Å²) in [6.07, 6.45) is 4.73. The number of piperidine rings is 1. The summed E-state index contributed by atoms with van der Waals surface area (Å²) in [7, 11) is 0. The minimum Gasteiger partial charge on any atom is -0.492 e. The fourth-order valence-electron chi connectivity index (χ4n) is 2.67. The SMILES string of the molecule is O=C(CCC1CCNCC1)NCCCOc1ccc(Cl)cc1Cl. The van der Waals surface area contributed by atoms with Gasteiger partial charge >= 0.3 is 0 Å². The second kappa shape index (κ2) is 10.0. The maximum Gasteiger partial charge on any atom is 0.220 e. The van der Waals surface area contributed by atoms with Gasteiger partial charge < -0.3 is 15.4 Å². The number of amides is 1. The quantitative estimate of drug-likeness (QED) is 0.697. The van der Waals surface area contributed by atoms with Crippen LogP contribution in [-0.4, -0.2) is 32.1 Å². The molecule has 0 aliphatic carbocycles. The lowest BCUT2D eigenvalue weighted by Gasteiger charge is -2.22. The summed E-state index contributed by atoms with van der Waals surface area (Å²) in [5.74, 6) is 1.44. The first-order valence-electron chi connectivity index (χ1n) is 8.20. The van der Waals surface area contributed by atoms with E-state index in [0.29, 0.717) is 41.3 Å². The van der Waals surface area contributed by atoms with Gasteiger partial charge in [0.05, 0.1) is 11.6 Å². The van der Waals surface area contributed by atoms with Gasteiger partial charge in [0.1, 0.15) is 5.75 Å². The molecule has 23 heavy (non-hydrogen) atoms. The number of hydrogen-bond acceptors (Lipinski definition) is 3. The molecule has 1 amide bonds. The zero-order chi connectivity index (χ0) is 16.5. The lowest BCUT2D eigenvalue weighted by molar-refractivity contribution is -0.121. The van der Waals surface area contributed by atoms with E-state index in [1.54, 1.807) is 18.2 Å². The largest absolute Gasteiger partial charge is 0.492 e. The summed E-state index contributed by atoms with van der Waals surface area (Å²) in [4.78, 5) is 11.8. The van der Waals surface area contributed by atoms with E-state index in [-0.39, 0.29) is 5.91 Å². The summed E-state index contributed by atoms with van der Waals surface area (Å²) in [6, 6.07) is 5.15. The number of carbonyl (C=O) groups excluding carboxylic acids is 1. The van der Waals surface area contributed by atoms with Gasteiger partial charge in [-0.3, -0.25) is 4.79 Å². The summed E-state index contributed by atoms with van der Waals surface area (Å²) >= 11 is 11.9. The van der Waals surface area contributed by atoms with Crippen molar-refractivity contribution in [3.8, 4) is 5.75 Å². The molecule has 1 fully saturated rings.